The van der Waals surface area contributed by atoms with Crippen molar-refractivity contribution in [2.75, 3.05) is 40.0 Å². The molecule has 0 unspecified atom stereocenters. The maximum Gasteiger partial charge on any atom is 0.332 e. The summed E-state index contributed by atoms with van der Waals surface area (Å²) in [7, 11) is 1.53. The molecule has 0 bridgehead atoms. The lowest BCUT2D eigenvalue weighted by molar-refractivity contribution is 0.138. The molecule has 2 aromatic heterocycles. The van der Waals surface area contributed by atoms with Crippen LogP contribution in [0.15, 0.2) is 9.59 Å². The Kier molecular flexibility index (Phi) is 6.53. The van der Waals surface area contributed by atoms with E-state index in [-0.39, 0.29) is 30.4 Å². The van der Waals surface area contributed by atoms with Crippen molar-refractivity contribution in [3.63, 3.8) is 0 Å². The van der Waals surface area contributed by atoms with Crippen LogP contribution in [0.1, 0.15) is 17.4 Å². The molecule has 1 aliphatic rings. The van der Waals surface area contributed by atoms with Crippen LogP contribution in [0.5, 0.6) is 0 Å². The smallest absolute Gasteiger partial charge is 0.332 e. The number of carbonyl (C=O) groups is 1. The molecule has 10 heteroatoms. The average molecular weight is 410 g/mol. The third kappa shape index (κ3) is 3.85. The van der Waals surface area contributed by atoms with E-state index in [4.69, 9.17) is 9.47 Å². The first-order chi connectivity index (χ1) is 13.5. The highest BCUT2D eigenvalue weighted by Crippen LogP contribution is 2.29. The van der Waals surface area contributed by atoms with Crippen LogP contribution in [0.4, 0.5) is 4.79 Å². The zero-order valence-corrected chi connectivity index (χ0v) is 17.3. The molecule has 3 heterocycles. The fourth-order valence-electron chi connectivity index (χ4n) is 3.30. The molecule has 2 amide bonds. The first-order valence-electron chi connectivity index (χ1n) is 9.34. The van der Waals surface area contributed by atoms with Crippen LogP contribution in [-0.2, 0) is 29.1 Å². The Hall–Kier alpha value is -2.17. The van der Waals surface area contributed by atoms with Gasteiger partial charge in [-0.2, -0.15) is 0 Å². The number of amides is 2. The summed E-state index contributed by atoms with van der Waals surface area (Å²) in [5.41, 5.74) is 0.151. The molecule has 0 spiro atoms. The number of nitrogens with one attached hydrogen (secondary N) is 1. The molecule has 1 N–H and O–H groups in total. The molecule has 0 saturated carbocycles. The van der Waals surface area contributed by atoms with E-state index in [1.807, 2.05) is 13.8 Å². The van der Waals surface area contributed by atoms with Crippen LogP contribution < -0.4 is 16.6 Å². The second kappa shape index (κ2) is 8.89. The van der Waals surface area contributed by atoms with Crippen molar-refractivity contribution in [3.8, 4) is 0 Å². The summed E-state index contributed by atoms with van der Waals surface area (Å²) in [6.45, 7) is 7.21. The Balaban J connectivity index is 2.11. The number of nitrogens with zero attached hydrogens (tertiary/aromatic N) is 3. The van der Waals surface area contributed by atoms with Gasteiger partial charge in [-0.05, 0) is 19.4 Å². The van der Waals surface area contributed by atoms with Gasteiger partial charge in [0.25, 0.3) is 5.56 Å². The van der Waals surface area contributed by atoms with Crippen molar-refractivity contribution in [1.29, 1.82) is 0 Å². The van der Waals surface area contributed by atoms with Gasteiger partial charge in [-0.1, -0.05) is 0 Å². The highest BCUT2D eigenvalue weighted by atomic mass is 32.1. The van der Waals surface area contributed by atoms with E-state index in [1.54, 1.807) is 9.47 Å². The minimum atomic E-state index is -0.360. The van der Waals surface area contributed by atoms with Gasteiger partial charge in [0.05, 0.1) is 38.2 Å². The first kappa shape index (κ1) is 20.6. The van der Waals surface area contributed by atoms with Crippen LogP contribution in [0.25, 0.3) is 10.2 Å². The van der Waals surface area contributed by atoms with Gasteiger partial charge in [0.15, 0.2) is 0 Å². The first-order valence-corrected chi connectivity index (χ1v) is 10.2. The van der Waals surface area contributed by atoms with Crippen LogP contribution in [0.2, 0.25) is 0 Å². The summed E-state index contributed by atoms with van der Waals surface area (Å²) in [5.74, 6) is 0. The highest BCUT2D eigenvalue weighted by molar-refractivity contribution is 7.18. The van der Waals surface area contributed by atoms with Gasteiger partial charge in [0.2, 0.25) is 0 Å². The summed E-state index contributed by atoms with van der Waals surface area (Å²) < 4.78 is 13.3. The van der Waals surface area contributed by atoms with Crippen molar-refractivity contribution in [3.05, 3.63) is 31.3 Å². The summed E-state index contributed by atoms with van der Waals surface area (Å²) in [4.78, 5) is 41.2. The fourth-order valence-corrected chi connectivity index (χ4v) is 4.63. The van der Waals surface area contributed by atoms with Crippen LogP contribution in [-0.4, -0.2) is 60.1 Å². The number of fused-ring (bicyclic) bond motifs is 1. The standard InChI is InChI=1S/C18H26N4O5S/c1-4-27-10-8-22-16-14(15(23)21(18(22)25)7-9-26-3)12(2)13(28-16)11-20-6-5-19-17(20)24/h4-11H2,1-3H3,(H,19,24). The zero-order chi connectivity index (χ0) is 20.3. The number of urea groups is 1. The Morgan fingerprint density at radius 2 is 1.89 bits per heavy atom. The lowest BCUT2D eigenvalue weighted by atomic mass is 10.2. The Bertz CT molecular complexity index is 977. The summed E-state index contributed by atoms with van der Waals surface area (Å²) in [5, 5.41) is 3.32. The highest BCUT2D eigenvalue weighted by Gasteiger charge is 2.24. The number of rotatable bonds is 9. The van der Waals surface area contributed by atoms with Gasteiger partial charge in [-0.3, -0.25) is 13.9 Å². The van der Waals surface area contributed by atoms with Gasteiger partial charge in [-0.25, -0.2) is 9.59 Å². The van der Waals surface area contributed by atoms with E-state index in [9.17, 15) is 14.4 Å². The summed E-state index contributed by atoms with van der Waals surface area (Å²) in [6.07, 6.45) is 0. The van der Waals surface area contributed by atoms with E-state index >= 15 is 0 Å². The summed E-state index contributed by atoms with van der Waals surface area (Å²) >= 11 is 1.40. The number of methoxy groups -OCH3 is 1. The van der Waals surface area contributed by atoms with Gasteiger partial charge in [0, 0.05) is 31.7 Å². The van der Waals surface area contributed by atoms with Crippen molar-refractivity contribution in [2.24, 2.45) is 0 Å². The minimum Gasteiger partial charge on any atom is -0.383 e. The van der Waals surface area contributed by atoms with Gasteiger partial charge in [-0.15, -0.1) is 11.3 Å². The van der Waals surface area contributed by atoms with E-state index in [1.165, 1.54) is 23.0 Å². The van der Waals surface area contributed by atoms with Crippen LogP contribution >= 0.6 is 11.3 Å². The number of ether oxygens (including phenoxy) is 2. The van der Waals surface area contributed by atoms with Crippen molar-refractivity contribution in [1.82, 2.24) is 19.4 Å². The predicted octanol–water partition coefficient (Wildman–Crippen LogP) is 0.741. The summed E-state index contributed by atoms with van der Waals surface area (Å²) in [6, 6.07) is -0.108. The molecule has 1 saturated heterocycles. The molecule has 0 atom stereocenters. The van der Waals surface area contributed by atoms with Gasteiger partial charge in [0.1, 0.15) is 4.83 Å². The van der Waals surface area contributed by atoms with Gasteiger partial charge >= 0.3 is 11.7 Å². The molecule has 0 radical (unpaired) electrons. The molecule has 1 fully saturated rings. The third-order valence-corrected chi connectivity index (χ3v) is 6.15. The molecule has 0 aromatic carbocycles. The number of aryl methyl sites for hydroxylation is 1. The van der Waals surface area contributed by atoms with E-state index in [0.29, 0.717) is 49.6 Å². The molecular weight excluding hydrogens is 384 g/mol. The number of thiophene rings is 1. The van der Waals surface area contributed by atoms with Crippen molar-refractivity contribution in [2.45, 2.75) is 33.5 Å². The SMILES string of the molecule is CCOCCn1c(=O)n(CCOC)c(=O)c2c(C)c(CN3CCNC3=O)sc21. The maximum absolute atomic E-state index is 13.0. The van der Waals surface area contributed by atoms with E-state index in [2.05, 4.69) is 5.32 Å². The molecule has 2 aromatic rings. The Morgan fingerprint density at radius 3 is 2.54 bits per heavy atom. The Morgan fingerprint density at radius 1 is 1.14 bits per heavy atom. The average Bonchev–Trinajstić information content (AvgIpc) is 3.22. The quantitative estimate of drug-likeness (QED) is 0.616. The topological polar surface area (TPSA) is 94.8 Å². The molecule has 28 heavy (non-hydrogen) atoms. The number of carbonyl (C=O) groups excluding carboxylic acids is 1. The third-order valence-electron chi connectivity index (χ3n) is 4.85. The molecule has 9 nitrogen and oxygen atoms in total. The van der Waals surface area contributed by atoms with E-state index in [0.717, 1.165) is 10.4 Å². The van der Waals surface area contributed by atoms with Gasteiger partial charge < -0.3 is 19.7 Å². The molecular formula is C18H26N4O5S. The van der Waals surface area contributed by atoms with Crippen molar-refractivity contribution >= 4 is 27.6 Å². The Labute approximate surface area is 166 Å². The number of aromatic nitrogens is 2. The largest absolute Gasteiger partial charge is 0.383 e. The second-order valence-electron chi connectivity index (χ2n) is 6.56. The molecule has 154 valence electrons. The van der Waals surface area contributed by atoms with Crippen LogP contribution in [0, 0.1) is 6.92 Å². The zero-order valence-electron chi connectivity index (χ0n) is 16.4. The predicted molar refractivity (Wildman–Crippen MR) is 107 cm³/mol. The van der Waals surface area contributed by atoms with E-state index < -0.39 is 0 Å². The number of hydrogen-bond acceptors (Lipinski definition) is 6. The monoisotopic (exact) mass is 410 g/mol. The maximum atomic E-state index is 13.0. The molecule has 1 aliphatic heterocycles. The fraction of sp³-hybridized carbons (Fsp3) is 0.611. The lowest BCUT2D eigenvalue weighted by Gasteiger charge is -2.12. The lowest BCUT2D eigenvalue weighted by Crippen LogP contribution is -2.41. The van der Waals surface area contributed by atoms with Crippen LogP contribution in [0.3, 0.4) is 0 Å². The number of hydrogen-bond donors (Lipinski definition) is 1. The molecule has 3 rings (SSSR count). The van der Waals surface area contributed by atoms with Crippen molar-refractivity contribution < 1.29 is 14.3 Å². The minimum absolute atomic E-state index is 0.108. The molecule has 0 aliphatic carbocycles. The second-order valence-corrected chi connectivity index (χ2v) is 7.65. The normalized spacial score (nSPS) is 14.2.